The average Bonchev–Trinajstić information content (AvgIpc) is 2.70. The van der Waals surface area contributed by atoms with Crippen molar-refractivity contribution in [2.75, 3.05) is 5.32 Å². The summed E-state index contributed by atoms with van der Waals surface area (Å²) in [5.41, 5.74) is 2.61. The molecule has 0 aliphatic carbocycles. The highest BCUT2D eigenvalue weighted by Crippen LogP contribution is 2.25. The molecule has 0 saturated heterocycles. The Morgan fingerprint density at radius 2 is 1.88 bits per heavy atom. The molecule has 3 heterocycles. The van der Waals surface area contributed by atoms with Crippen molar-refractivity contribution in [3.63, 3.8) is 0 Å². The molecular weight excluding hydrogens is 326 g/mol. The molecule has 0 unspecified atom stereocenters. The molecule has 0 spiro atoms. The predicted octanol–water partition coefficient (Wildman–Crippen LogP) is 3.62. The quantitative estimate of drug-likeness (QED) is 0.613. The highest BCUT2D eigenvalue weighted by Gasteiger charge is 2.11. The van der Waals surface area contributed by atoms with Crippen molar-refractivity contribution in [1.82, 2.24) is 19.7 Å². The van der Waals surface area contributed by atoms with Crippen molar-refractivity contribution in [3.8, 4) is 11.3 Å². The van der Waals surface area contributed by atoms with Crippen molar-refractivity contribution in [3.05, 3.63) is 77.6 Å². The van der Waals surface area contributed by atoms with Gasteiger partial charge >= 0.3 is 0 Å². The van der Waals surface area contributed by atoms with Gasteiger partial charge in [-0.3, -0.25) is 14.8 Å². The number of benzene rings is 1. The second-order valence-electron chi connectivity index (χ2n) is 5.84. The Morgan fingerprint density at radius 3 is 2.69 bits per heavy atom. The summed E-state index contributed by atoms with van der Waals surface area (Å²) in [6.45, 7) is 2.38. The van der Waals surface area contributed by atoms with E-state index in [9.17, 15) is 4.79 Å². The van der Waals surface area contributed by atoms with E-state index in [4.69, 9.17) is 0 Å². The summed E-state index contributed by atoms with van der Waals surface area (Å²) in [5.74, 6) is 0. The van der Waals surface area contributed by atoms with Crippen molar-refractivity contribution in [2.45, 2.75) is 13.5 Å². The van der Waals surface area contributed by atoms with E-state index in [1.165, 1.54) is 4.68 Å². The van der Waals surface area contributed by atoms with Gasteiger partial charge in [-0.25, -0.2) is 4.68 Å². The minimum absolute atomic E-state index is 0.173. The fourth-order valence-electron chi connectivity index (χ4n) is 2.86. The van der Waals surface area contributed by atoms with Crippen LogP contribution in [0.1, 0.15) is 6.92 Å². The minimum Gasteiger partial charge on any atom is -0.349 e. The number of nitrogens with one attached hydrogen (secondary N) is 1. The number of aromatic nitrogens is 4. The van der Waals surface area contributed by atoms with Crippen LogP contribution in [0.3, 0.4) is 0 Å². The first kappa shape index (κ1) is 16.0. The number of aryl methyl sites for hydroxylation is 1. The van der Waals surface area contributed by atoms with Crippen LogP contribution in [0.4, 0.5) is 11.4 Å². The molecule has 0 aliphatic heterocycles. The summed E-state index contributed by atoms with van der Waals surface area (Å²) in [6, 6.07) is 13.4. The van der Waals surface area contributed by atoms with Gasteiger partial charge in [-0.15, -0.1) is 0 Å². The van der Waals surface area contributed by atoms with E-state index < -0.39 is 0 Å². The van der Waals surface area contributed by atoms with Gasteiger partial charge in [0.05, 0.1) is 17.6 Å². The second kappa shape index (κ2) is 6.76. The lowest BCUT2D eigenvalue weighted by molar-refractivity contribution is 0.621. The average molecular weight is 343 g/mol. The van der Waals surface area contributed by atoms with E-state index >= 15 is 0 Å². The standard InChI is InChI=1S/C20H17N5O/c1-2-25-20(26)18(10-17(24-25)15-7-5-9-21-12-15)23-19-13-22-11-14-6-3-4-8-16(14)19/h3-13,23H,2H2,1H3. The van der Waals surface area contributed by atoms with Crippen molar-refractivity contribution < 1.29 is 0 Å². The number of pyridine rings is 2. The van der Waals surface area contributed by atoms with Gasteiger partial charge < -0.3 is 5.32 Å². The molecule has 128 valence electrons. The van der Waals surface area contributed by atoms with Crippen molar-refractivity contribution in [2.24, 2.45) is 0 Å². The molecule has 0 atom stereocenters. The maximum Gasteiger partial charge on any atom is 0.290 e. The number of nitrogens with zero attached hydrogens (tertiary/aromatic N) is 4. The lowest BCUT2D eigenvalue weighted by atomic mass is 10.1. The Balaban J connectivity index is 1.84. The number of anilines is 2. The van der Waals surface area contributed by atoms with Crippen LogP contribution in [0.25, 0.3) is 22.0 Å². The third-order valence-electron chi connectivity index (χ3n) is 4.17. The van der Waals surface area contributed by atoms with Gasteiger partial charge in [0.2, 0.25) is 0 Å². The molecule has 1 N–H and O–H groups in total. The highest BCUT2D eigenvalue weighted by molar-refractivity contribution is 5.94. The van der Waals surface area contributed by atoms with E-state index in [1.54, 1.807) is 30.9 Å². The molecule has 0 radical (unpaired) electrons. The highest BCUT2D eigenvalue weighted by atomic mass is 16.1. The maximum atomic E-state index is 12.7. The topological polar surface area (TPSA) is 72.7 Å². The molecule has 4 aromatic rings. The summed E-state index contributed by atoms with van der Waals surface area (Å²) >= 11 is 0. The van der Waals surface area contributed by atoms with Gasteiger partial charge in [0, 0.05) is 41.5 Å². The minimum atomic E-state index is -0.173. The SMILES string of the molecule is CCn1nc(-c2cccnc2)cc(Nc2cncc3ccccc23)c1=O. The van der Waals surface area contributed by atoms with E-state index in [1.807, 2.05) is 43.3 Å². The smallest absolute Gasteiger partial charge is 0.290 e. The van der Waals surface area contributed by atoms with Crippen LogP contribution in [-0.4, -0.2) is 19.7 Å². The molecule has 6 heteroatoms. The van der Waals surface area contributed by atoms with E-state index in [-0.39, 0.29) is 5.56 Å². The monoisotopic (exact) mass is 343 g/mol. The summed E-state index contributed by atoms with van der Waals surface area (Å²) in [4.78, 5) is 21.1. The zero-order valence-electron chi connectivity index (χ0n) is 14.3. The van der Waals surface area contributed by atoms with Gasteiger partial charge in [-0.05, 0) is 25.1 Å². The van der Waals surface area contributed by atoms with Gasteiger partial charge in [-0.1, -0.05) is 24.3 Å². The summed E-state index contributed by atoms with van der Waals surface area (Å²) in [5, 5.41) is 9.69. The zero-order chi connectivity index (χ0) is 17.9. The Hall–Kier alpha value is -3.54. The molecule has 26 heavy (non-hydrogen) atoms. The summed E-state index contributed by atoms with van der Waals surface area (Å²) in [7, 11) is 0. The largest absolute Gasteiger partial charge is 0.349 e. The Kier molecular flexibility index (Phi) is 4.15. The Bertz CT molecular complexity index is 1120. The first-order valence-electron chi connectivity index (χ1n) is 8.38. The van der Waals surface area contributed by atoms with Crippen LogP contribution < -0.4 is 10.9 Å². The summed E-state index contributed by atoms with van der Waals surface area (Å²) < 4.78 is 1.45. The fraction of sp³-hybridized carbons (Fsp3) is 0.100. The van der Waals surface area contributed by atoms with Crippen molar-refractivity contribution >= 4 is 22.1 Å². The molecule has 0 aliphatic rings. The molecule has 0 saturated carbocycles. The Morgan fingerprint density at radius 1 is 1.00 bits per heavy atom. The number of fused-ring (bicyclic) bond motifs is 1. The zero-order valence-corrected chi connectivity index (χ0v) is 14.3. The second-order valence-corrected chi connectivity index (χ2v) is 5.84. The van der Waals surface area contributed by atoms with E-state index in [0.717, 1.165) is 22.0 Å². The van der Waals surface area contributed by atoms with E-state index in [0.29, 0.717) is 17.9 Å². The normalized spacial score (nSPS) is 10.8. The van der Waals surface area contributed by atoms with Gasteiger partial charge in [0.1, 0.15) is 5.69 Å². The number of rotatable bonds is 4. The van der Waals surface area contributed by atoms with Gasteiger partial charge in [0.25, 0.3) is 5.56 Å². The maximum absolute atomic E-state index is 12.7. The van der Waals surface area contributed by atoms with Crippen LogP contribution in [0.2, 0.25) is 0 Å². The lowest BCUT2D eigenvalue weighted by Gasteiger charge is -2.12. The van der Waals surface area contributed by atoms with Crippen LogP contribution in [0.15, 0.2) is 72.0 Å². The molecule has 1 aromatic carbocycles. The summed E-state index contributed by atoms with van der Waals surface area (Å²) in [6.07, 6.45) is 6.97. The molecule has 0 bridgehead atoms. The van der Waals surface area contributed by atoms with Crippen LogP contribution in [-0.2, 0) is 6.54 Å². The fourth-order valence-corrected chi connectivity index (χ4v) is 2.86. The van der Waals surface area contributed by atoms with Crippen LogP contribution >= 0.6 is 0 Å². The van der Waals surface area contributed by atoms with Crippen LogP contribution in [0.5, 0.6) is 0 Å². The first-order chi connectivity index (χ1) is 12.8. The van der Waals surface area contributed by atoms with E-state index in [2.05, 4.69) is 20.4 Å². The molecule has 0 amide bonds. The predicted molar refractivity (Wildman–Crippen MR) is 102 cm³/mol. The van der Waals surface area contributed by atoms with Gasteiger partial charge in [0.15, 0.2) is 0 Å². The molecular formula is C20H17N5O. The Labute approximate surface area is 150 Å². The van der Waals surface area contributed by atoms with Gasteiger partial charge in [-0.2, -0.15) is 5.10 Å². The molecule has 0 fully saturated rings. The lowest BCUT2D eigenvalue weighted by Crippen LogP contribution is -2.24. The number of hydrogen-bond donors (Lipinski definition) is 1. The first-order valence-corrected chi connectivity index (χ1v) is 8.38. The van der Waals surface area contributed by atoms with Crippen molar-refractivity contribution in [1.29, 1.82) is 0 Å². The third-order valence-corrected chi connectivity index (χ3v) is 4.17. The third kappa shape index (κ3) is 2.93. The molecule has 3 aromatic heterocycles. The molecule has 4 rings (SSSR count). The number of hydrogen-bond acceptors (Lipinski definition) is 5. The molecule has 6 nitrogen and oxygen atoms in total. The van der Waals surface area contributed by atoms with Crippen LogP contribution in [0, 0.1) is 0 Å².